The third-order valence-corrected chi connectivity index (χ3v) is 6.76. The molecule has 1 saturated heterocycles. The molecule has 8 nitrogen and oxygen atoms in total. The van der Waals surface area contributed by atoms with Gasteiger partial charge in [0.15, 0.2) is 5.89 Å². The van der Waals surface area contributed by atoms with Gasteiger partial charge in [-0.3, -0.25) is 0 Å². The smallest absolute Gasteiger partial charge is 0.316 e. The maximum atomic E-state index is 13.1. The predicted octanol–water partition coefficient (Wildman–Crippen LogP) is 2.92. The molecule has 29 heavy (non-hydrogen) atoms. The van der Waals surface area contributed by atoms with E-state index in [1.165, 1.54) is 4.31 Å². The monoisotopic (exact) mass is 414 g/mol. The van der Waals surface area contributed by atoms with Crippen LogP contribution >= 0.6 is 0 Å². The van der Waals surface area contributed by atoms with Gasteiger partial charge in [-0.2, -0.15) is 4.31 Å². The van der Waals surface area contributed by atoms with Crippen molar-refractivity contribution < 1.29 is 17.6 Å². The lowest BCUT2D eigenvalue weighted by atomic mass is 10.0. The zero-order chi connectivity index (χ0) is 20.3. The average molecular weight is 414 g/mol. The van der Waals surface area contributed by atoms with Gasteiger partial charge < -0.3 is 9.15 Å². The van der Waals surface area contributed by atoms with Gasteiger partial charge in [0.25, 0.3) is 0 Å². The molecular formula is C20H22N4O4S. The molecule has 1 atom stereocenters. The van der Waals surface area contributed by atoms with Gasteiger partial charge in [0, 0.05) is 43.9 Å². The van der Waals surface area contributed by atoms with Crippen molar-refractivity contribution in [1.82, 2.24) is 19.3 Å². The van der Waals surface area contributed by atoms with Crippen LogP contribution in [0.3, 0.4) is 0 Å². The van der Waals surface area contributed by atoms with Gasteiger partial charge in [-0.05, 0) is 31.0 Å². The van der Waals surface area contributed by atoms with E-state index in [0.717, 1.165) is 18.4 Å². The zero-order valence-electron chi connectivity index (χ0n) is 16.1. The first-order chi connectivity index (χ1) is 14.0. The topological polar surface area (TPSA) is 98.4 Å². The minimum absolute atomic E-state index is 0.0970. The second kappa shape index (κ2) is 8.30. The fraction of sp³-hybridized carbons (Fsp3) is 0.350. The molecule has 1 fully saturated rings. The molecule has 0 aliphatic carbocycles. The first-order valence-electron chi connectivity index (χ1n) is 9.45. The zero-order valence-corrected chi connectivity index (χ0v) is 16.9. The maximum Gasteiger partial charge on any atom is 0.316 e. The van der Waals surface area contributed by atoms with Crippen LogP contribution in [0.5, 0.6) is 6.01 Å². The number of benzene rings is 1. The molecular weight excluding hydrogens is 392 g/mol. The van der Waals surface area contributed by atoms with Gasteiger partial charge >= 0.3 is 6.01 Å². The van der Waals surface area contributed by atoms with E-state index in [-0.39, 0.29) is 10.8 Å². The number of aromatic nitrogens is 3. The van der Waals surface area contributed by atoms with E-state index < -0.39 is 10.0 Å². The first kappa shape index (κ1) is 19.5. The van der Waals surface area contributed by atoms with Crippen molar-refractivity contribution in [2.75, 3.05) is 19.7 Å². The van der Waals surface area contributed by atoms with Crippen LogP contribution in [0.1, 0.15) is 18.7 Å². The van der Waals surface area contributed by atoms with Crippen LogP contribution < -0.4 is 4.74 Å². The van der Waals surface area contributed by atoms with Gasteiger partial charge in [0.2, 0.25) is 10.0 Å². The quantitative estimate of drug-likeness (QED) is 0.611. The second-order valence-corrected chi connectivity index (χ2v) is 8.93. The molecule has 2 aromatic heterocycles. The Hall–Kier alpha value is -2.78. The summed E-state index contributed by atoms with van der Waals surface area (Å²) in [6, 6.07) is 8.77. The molecule has 1 aliphatic heterocycles. The fourth-order valence-corrected chi connectivity index (χ4v) is 4.93. The summed E-state index contributed by atoms with van der Waals surface area (Å²) in [5.74, 6) is 0.666. The summed E-state index contributed by atoms with van der Waals surface area (Å²) in [4.78, 5) is 12.6. The summed E-state index contributed by atoms with van der Waals surface area (Å²) in [6.07, 6.45) is 6.49. The van der Waals surface area contributed by atoms with E-state index in [1.54, 1.807) is 55.9 Å². The number of aryl methyl sites for hydroxylation is 1. The number of rotatable bonds is 6. The molecule has 3 heterocycles. The highest BCUT2D eigenvalue weighted by atomic mass is 32.2. The van der Waals surface area contributed by atoms with Crippen LogP contribution in [-0.4, -0.2) is 47.4 Å². The minimum Gasteiger partial charge on any atom is -0.463 e. The Morgan fingerprint density at radius 3 is 2.66 bits per heavy atom. The lowest BCUT2D eigenvalue weighted by molar-refractivity contribution is 0.171. The van der Waals surface area contributed by atoms with Crippen LogP contribution in [0, 0.1) is 12.8 Å². The Labute approximate surface area is 169 Å². The van der Waals surface area contributed by atoms with E-state index in [0.29, 0.717) is 37.3 Å². The Balaban J connectivity index is 1.43. The largest absolute Gasteiger partial charge is 0.463 e. The Kier molecular flexibility index (Phi) is 5.59. The van der Waals surface area contributed by atoms with Crippen LogP contribution in [0.2, 0.25) is 0 Å². The molecule has 0 amide bonds. The minimum atomic E-state index is -3.57. The van der Waals surface area contributed by atoms with Crippen LogP contribution in [0.4, 0.5) is 0 Å². The lowest BCUT2D eigenvalue weighted by Crippen LogP contribution is -2.41. The van der Waals surface area contributed by atoms with Gasteiger partial charge in [-0.1, -0.05) is 12.1 Å². The SMILES string of the molecule is Cc1nc(-c2ccc(S(=O)(=O)N3CCCC(COc4ncccn4)C3)cc2)co1. The third-order valence-electron chi connectivity index (χ3n) is 4.88. The Bertz CT molecular complexity index is 1050. The summed E-state index contributed by atoms with van der Waals surface area (Å²) in [6.45, 7) is 3.08. The van der Waals surface area contributed by atoms with Gasteiger partial charge in [0.05, 0.1) is 11.5 Å². The van der Waals surface area contributed by atoms with Gasteiger partial charge in [-0.25, -0.2) is 23.4 Å². The van der Waals surface area contributed by atoms with Crippen molar-refractivity contribution in [3.63, 3.8) is 0 Å². The molecule has 1 aliphatic rings. The van der Waals surface area contributed by atoms with E-state index >= 15 is 0 Å². The number of oxazole rings is 1. The summed E-state index contributed by atoms with van der Waals surface area (Å²) < 4.78 is 38.5. The molecule has 0 spiro atoms. The van der Waals surface area contributed by atoms with Crippen LogP contribution in [-0.2, 0) is 10.0 Å². The molecule has 0 N–H and O–H groups in total. The summed E-state index contributed by atoms with van der Waals surface area (Å²) >= 11 is 0. The normalized spacial score (nSPS) is 17.9. The number of ether oxygens (including phenoxy) is 1. The Morgan fingerprint density at radius 1 is 1.21 bits per heavy atom. The molecule has 0 bridgehead atoms. The summed E-state index contributed by atoms with van der Waals surface area (Å²) in [7, 11) is -3.57. The molecule has 0 radical (unpaired) electrons. The van der Waals surface area contributed by atoms with Gasteiger partial charge in [0.1, 0.15) is 12.0 Å². The molecule has 3 aromatic rings. The average Bonchev–Trinajstić information content (AvgIpc) is 3.20. The third kappa shape index (κ3) is 4.46. The first-order valence-corrected chi connectivity index (χ1v) is 10.9. The second-order valence-electron chi connectivity index (χ2n) is 6.99. The predicted molar refractivity (Wildman–Crippen MR) is 106 cm³/mol. The van der Waals surface area contributed by atoms with Crippen molar-refractivity contribution >= 4 is 10.0 Å². The van der Waals surface area contributed by atoms with Gasteiger partial charge in [-0.15, -0.1) is 0 Å². The van der Waals surface area contributed by atoms with Crippen LogP contribution in [0.15, 0.2) is 58.3 Å². The van der Waals surface area contributed by atoms with E-state index in [1.807, 2.05) is 0 Å². The van der Waals surface area contributed by atoms with E-state index in [2.05, 4.69) is 15.0 Å². The Morgan fingerprint density at radius 2 is 1.97 bits per heavy atom. The summed E-state index contributed by atoms with van der Waals surface area (Å²) in [5.41, 5.74) is 1.50. The molecule has 4 rings (SSSR count). The van der Waals surface area contributed by atoms with E-state index in [9.17, 15) is 8.42 Å². The highest BCUT2D eigenvalue weighted by Gasteiger charge is 2.30. The molecule has 1 unspecified atom stereocenters. The van der Waals surface area contributed by atoms with Crippen molar-refractivity contribution in [3.05, 3.63) is 54.9 Å². The van der Waals surface area contributed by atoms with Crippen LogP contribution in [0.25, 0.3) is 11.3 Å². The molecule has 9 heteroatoms. The number of hydrogen-bond acceptors (Lipinski definition) is 7. The summed E-state index contributed by atoms with van der Waals surface area (Å²) in [5, 5.41) is 0. The van der Waals surface area contributed by atoms with Crippen molar-refractivity contribution in [1.29, 1.82) is 0 Å². The van der Waals surface area contributed by atoms with Crippen molar-refractivity contribution in [2.24, 2.45) is 5.92 Å². The number of hydrogen-bond donors (Lipinski definition) is 0. The lowest BCUT2D eigenvalue weighted by Gasteiger charge is -2.31. The standard InChI is InChI=1S/C20H22N4O4S/c1-15-23-19(14-27-15)17-5-7-18(8-6-17)29(25,26)24-11-2-4-16(12-24)13-28-20-21-9-3-10-22-20/h3,5-10,14,16H,2,4,11-13H2,1H3. The molecule has 1 aromatic carbocycles. The van der Waals surface area contributed by atoms with Crippen molar-refractivity contribution in [2.45, 2.75) is 24.7 Å². The van der Waals surface area contributed by atoms with E-state index in [4.69, 9.17) is 9.15 Å². The molecule has 0 saturated carbocycles. The highest BCUT2D eigenvalue weighted by molar-refractivity contribution is 7.89. The fourth-order valence-electron chi connectivity index (χ4n) is 3.38. The number of piperidine rings is 1. The number of nitrogens with zero attached hydrogens (tertiary/aromatic N) is 4. The molecule has 152 valence electrons. The maximum absolute atomic E-state index is 13.1. The number of sulfonamides is 1. The van der Waals surface area contributed by atoms with Crippen molar-refractivity contribution in [3.8, 4) is 17.3 Å². The highest BCUT2D eigenvalue weighted by Crippen LogP contribution is 2.26.